The first-order valence-corrected chi connectivity index (χ1v) is 5.67. The van der Waals surface area contributed by atoms with Crippen molar-refractivity contribution in [3.05, 3.63) is 0 Å². The highest BCUT2D eigenvalue weighted by atomic mass is 15.2. The standard InChI is InChI=1S/C11H24N2/c1-4-9(3)6-11(5-2)13-7-10(12)8-13/h9-11H,4-8,12H2,1-3H3. The van der Waals surface area contributed by atoms with Crippen LogP contribution in [0.4, 0.5) is 0 Å². The van der Waals surface area contributed by atoms with Gasteiger partial charge in [0, 0.05) is 25.2 Å². The van der Waals surface area contributed by atoms with Crippen LogP contribution in [0.2, 0.25) is 0 Å². The molecule has 1 aliphatic rings. The minimum atomic E-state index is 0.450. The van der Waals surface area contributed by atoms with Crippen LogP contribution in [0.1, 0.15) is 40.0 Å². The molecule has 0 aliphatic carbocycles. The lowest BCUT2D eigenvalue weighted by Crippen LogP contribution is -2.59. The molecule has 0 spiro atoms. The number of likely N-dealkylation sites (tertiary alicyclic amines) is 1. The number of hydrogen-bond donors (Lipinski definition) is 1. The fourth-order valence-electron chi connectivity index (χ4n) is 2.05. The molecule has 13 heavy (non-hydrogen) atoms. The van der Waals surface area contributed by atoms with Crippen molar-refractivity contribution >= 4 is 0 Å². The monoisotopic (exact) mass is 184 g/mol. The van der Waals surface area contributed by atoms with E-state index in [4.69, 9.17) is 5.73 Å². The minimum Gasteiger partial charge on any atom is -0.325 e. The van der Waals surface area contributed by atoms with Crippen molar-refractivity contribution in [3.63, 3.8) is 0 Å². The zero-order valence-electron chi connectivity index (χ0n) is 9.29. The first kappa shape index (κ1) is 11.0. The summed E-state index contributed by atoms with van der Waals surface area (Å²) in [5.41, 5.74) is 5.78. The van der Waals surface area contributed by atoms with E-state index in [1.165, 1.54) is 19.3 Å². The second kappa shape index (κ2) is 4.97. The van der Waals surface area contributed by atoms with Crippen LogP contribution in [0.5, 0.6) is 0 Å². The molecule has 1 heterocycles. The molecule has 0 aromatic heterocycles. The minimum absolute atomic E-state index is 0.450. The van der Waals surface area contributed by atoms with Crippen LogP contribution in [0.3, 0.4) is 0 Å². The van der Waals surface area contributed by atoms with E-state index < -0.39 is 0 Å². The van der Waals surface area contributed by atoms with Crippen molar-refractivity contribution < 1.29 is 0 Å². The van der Waals surface area contributed by atoms with Gasteiger partial charge < -0.3 is 5.73 Å². The SMILES string of the molecule is CCC(C)CC(CC)N1CC(N)C1. The number of hydrogen-bond acceptors (Lipinski definition) is 2. The maximum absolute atomic E-state index is 5.78. The lowest BCUT2D eigenvalue weighted by molar-refractivity contribution is 0.0770. The second-order valence-electron chi connectivity index (χ2n) is 4.53. The zero-order valence-corrected chi connectivity index (χ0v) is 9.29. The van der Waals surface area contributed by atoms with E-state index >= 15 is 0 Å². The fraction of sp³-hybridized carbons (Fsp3) is 1.00. The Bertz CT molecular complexity index is 141. The molecule has 1 saturated heterocycles. The Morgan fingerprint density at radius 3 is 2.31 bits per heavy atom. The molecule has 0 bridgehead atoms. The van der Waals surface area contributed by atoms with Crippen molar-refractivity contribution in [2.24, 2.45) is 11.7 Å². The topological polar surface area (TPSA) is 29.3 Å². The molecule has 0 aromatic carbocycles. The number of rotatable bonds is 5. The molecule has 0 saturated carbocycles. The largest absolute Gasteiger partial charge is 0.325 e. The molecule has 0 amide bonds. The molecule has 1 rings (SSSR count). The van der Waals surface area contributed by atoms with Gasteiger partial charge in [-0.05, 0) is 18.8 Å². The molecule has 2 nitrogen and oxygen atoms in total. The van der Waals surface area contributed by atoms with Crippen LogP contribution in [-0.2, 0) is 0 Å². The second-order valence-corrected chi connectivity index (χ2v) is 4.53. The van der Waals surface area contributed by atoms with Gasteiger partial charge in [0.25, 0.3) is 0 Å². The summed E-state index contributed by atoms with van der Waals surface area (Å²) in [7, 11) is 0. The smallest absolute Gasteiger partial charge is 0.0297 e. The van der Waals surface area contributed by atoms with E-state index in [9.17, 15) is 0 Å². The van der Waals surface area contributed by atoms with Gasteiger partial charge in [0.15, 0.2) is 0 Å². The summed E-state index contributed by atoms with van der Waals surface area (Å²) in [6, 6.07) is 1.24. The zero-order chi connectivity index (χ0) is 9.84. The molecule has 2 atom stereocenters. The van der Waals surface area contributed by atoms with E-state index in [0.29, 0.717) is 6.04 Å². The molecule has 0 radical (unpaired) electrons. The summed E-state index contributed by atoms with van der Waals surface area (Å²) in [6.07, 6.45) is 3.92. The summed E-state index contributed by atoms with van der Waals surface area (Å²) in [5.74, 6) is 0.863. The van der Waals surface area contributed by atoms with E-state index in [1.807, 2.05) is 0 Å². The number of nitrogens with zero attached hydrogens (tertiary/aromatic N) is 1. The van der Waals surface area contributed by atoms with E-state index in [1.54, 1.807) is 0 Å². The van der Waals surface area contributed by atoms with Crippen LogP contribution in [0, 0.1) is 5.92 Å². The predicted molar refractivity (Wildman–Crippen MR) is 57.7 cm³/mol. The van der Waals surface area contributed by atoms with Crippen LogP contribution >= 0.6 is 0 Å². The van der Waals surface area contributed by atoms with Gasteiger partial charge in [-0.25, -0.2) is 0 Å². The summed E-state index contributed by atoms with van der Waals surface area (Å²) in [6.45, 7) is 9.16. The number of nitrogens with two attached hydrogens (primary N) is 1. The van der Waals surface area contributed by atoms with Crippen LogP contribution in [0.25, 0.3) is 0 Å². The normalized spacial score (nSPS) is 24.0. The highest BCUT2D eigenvalue weighted by Gasteiger charge is 2.29. The van der Waals surface area contributed by atoms with Crippen molar-refractivity contribution in [3.8, 4) is 0 Å². The van der Waals surface area contributed by atoms with Crippen molar-refractivity contribution in [2.75, 3.05) is 13.1 Å². The van der Waals surface area contributed by atoms with Gasteiger partial charge in [-0.3, -0.25) is 4.90 Å². The van der Waals surface area contributed by atoms with E-state index in [2.05, 4.69) is 25.7 Å². The molecular weight excluding hydrogens is 160 g/mol. The maximum Gasteiger partial charge on any atom is 0.0297 e. The molecular formula is C11H24N2. The van der Waals surface area contributed by atoms with Gasteiger partial charge >= 0.3 is 0 Å². The molecule has 1 fully saturated rings. The molecule has 1 aliphatic heterocycles. The average molecular weight is 184 g/mol. The molecule has 2 N–H and O–H groups in total. The average Bonchev–Trinajstić information content (AvgIpc) is 2.09. The van der Waals surface area contributed by atoms with Gasteiger partial charge in [-0.15, -0.1) is 0 Å². The summed E-state index contributed by atoms with van der Waals surface area (Å²) < 4.78 is 0. The third kappa shape index (κ3) is 2.96. The van der Waals surface area contributed by atoms with Crippen molar-refractivity contribution in [1.29, 1.82) is 0 Å². The van der Waals surface area contributed by atoms with Gasteiger partial charge in [0.1, 0.15) is 0 Å². The van der Waals surface area contributed by atoms with Gasteiger partial charge in [-0.2, -0.15) is 0 Å². The Labute approximate surface area is 82.5 Å². The van der Waals surface area contributed by atoms with Gasteiger partial charge in [0.2, 0.25) is 0 Å². The highest BCUT2D eigenvalue weighted by molar-refractivity contribution is 4.87. The Balaban J connectivity index is 2.26. The Kier molecular flexibility index (Phi) is 4.20. The van der Waals surface area contributed by atoms with Gasteiger partial charge in [0.05, 0.1) is 0 Å². The van der Waals surface area contributed by atoms with Crippen LogP contribution in [-0.4, -0.2) is 30.1 Å². The predicted octanol–water partition coefficient (Wildman–Crippen LogP) is 1.84. The highest BCUT2D eigenvalue weighted by Crippen LogP contribution is 2.21. The third-order valence-electron chi connectivity index (χ3n) is 3.30. The summed E-state index contributed by atoms with van der Waals surface area (Å²) in [5, 5.41) is 0. The maximum atomic E-state index is 5.78. The van der Waals surface area contributed by atoms with Crippen molar-refractivity contribution in [2.45, 2.75) is 52.1 Å². The van der Waals surface area contributed by atoms with E-state index in [-0.39, 0.29) is 0 Å². The summed E-state index contributed by atoms with van der Waals surface area (Å²) in [4.78, 5) is 2.54. The van der Waals surface area contributed by atoms with Crippen LogP contribution < -0.4 is 5.73 Å². The lowest BCUT2D eigenvalue weighted by Gasteiger charge is -2.43. The first-order chi connectivity index (χ1) is 6.17. The van der Waals surface area contributed by atoms with Crippen molar-refractivity contribution in [1.82, 2.24) is 4.90 Å². The molecule has 0 aromatic rings. The summed E-state index contributed by atoms with van der Waals surface area (Å²) >= 11 is 0. The first-order valence-electron chi connectivity index (χ1n) is 5.67. The van der Waals surface area contributed by atoms with E-state index in [0.717, 1.165) is 25.0 Å². The Morgan fingerprint density at radius 1 is 1.31 bits per heavy atom. The Morgan fingerprint density at radius 2 is 1.92 bits per heavy atom. The Hall–Kier alpha value is -0.0800. The molecule has 78 valence electrons. The molecule has 2 unspecified atom stereocenters. The lowest BCUT2D eigenvalue weighted by atomic mass is 9.94. The third-order valence-corrected chi connectivity index (χ3v) is 3.30. The molecule has 2 heteroatoms. The quantitative estimate of drug-likeness (QED) is 0.706. The van der Waals surface area contributed by atoms with Gasteiger partial charge in [-0.1, -0.05) is 27.2 Å². The van der Waals surface area contributed by atoms with Crippen LogP contribution in [0.15, 0.2) is 0 Å². The fourth-order valence-corrected chi connectivity index (χ4v) is 2.05.